The summed E-state index contributed by atoms with van der Waals surface area (Å²) in [6, 6.07) is 8.79. The van der Waals surface area contributed by atoms with Crippen molar-refractivity contribution in [2.45, 2.75) is 31.9 Å². The zero-order chi connectivity index (χ0) is 21.9. The van der Waals surface area contributed by atoms with Crippen LogP contribution in [0.15, 0.2) is 42.5 Å². The average molecular weight is 418 g/mol. The van der Waals surface area contributed by atoms with Gasteiger partial charge in [-0.1, -0.05) is 12.1 Å². The van der Waals surface area contributed by atoms with Gasteiger partial charge in [-0.3, -0.25) is 4.79 Å². The Morgan fingerprint density at radius 3 is 2.20 bits per heavy atom. The van der Waals surface area contributed by atoms with Gasteiger partial charge in [0.15, 0.2) is 0 Å². The number of rotatable bonds is 7. The lowest BCUT2D eigenvalue weighted by Gasteiger charge is -2.12. The molecule has 0 fully saturated rings. The predicted octanol–water partition coefficient (Wildman–Crippen LogP) is 4.81. The van der Waals surface area contributed by atoms with Crippen LogP contribution in [-0.2, 0) is 17.4 Å². The number of aryl methyl sites for hydroxylation is 1. The molecule has 2 aromatic carbocycles. The van der Waals surface area contributed by atoms with Crippen LogP contribution < -0.4 is 0 Å². The number of hydrogen-bond acceptors (Lipinski definition) is 4. The summed E-state index contributed by atoms with van der Waals surface area (Å²) in [5.74, 6) is -2.04. The van der Waals surface area contributed by atoms with Gasteiger partial charge in [-0.05, 0) is 49.6 Å². The van der Waals surface area contributed by atoms with Gasteiger partial charge < -0.3 is 10.2 Å². The monoisotopic (exact) mass is 418 g/mol. The van der Waals surface area contributed by atoms with E-state index in [4.69, 9.17) is 10.2 Å². The molecule has 0 aliphatic carbocycles. The van der Waals surface area contributed by atoms with E-state index >= 15 is 0 Å². The lowest BCUT2D eigenvalue weighted by molar-refractivity contribution is -0.138. The maximum Gasteiger partial charge on any atom is 0.416 e. The molecule has 0 amide bonds. The highest BCUT2D eigenvalue weighted by molar-refractivity contribution is 5.92. The second-order valence-electron chi connectivity index (χ2n) is 6.70. The standard InChI is InChI=1S/C21H17F3N2O4/c22-21(23,24)14-8-5-12(6-9-14)19-16(3-1-2-4-18(27)28)25-17-11-13(20(29)30)7-10-15(17)26-19/h5-11H,1-4H2,(H,27,28)(H,29,30). The maximum atomic E-state index is 12.9. The second-order valence-corrected chi connectivity index (χ2v) is 6.70. The first kappa shape index (κ1) is 21.2. The number of aromatic nitrogens is 2. The summed E-state index contributed by atoms with van der Waals surface area (Å²) in [6.45, 7) is 0. The molecule has 0 aliphatic rings. The third-order valence-corrected chi connectivity index (χ3v) is 4.52. The lowest BCUT2D eigenvalue weighted by atomic mass is 10.0. The van der Waals surface area contributed by atoms with Crippen molar-refractivity contribution in [3.8, 4) is 11.3 Å². The zero-order valence-electron chi connectivity index (χ0n) is 15.6. The summed E-state index contributed by atoms with van der Waals surface area (Å²) in [5, 5.41) is 18.0. The number of aromatic carboxylic acids is 1. The normalized spacial score (nSPS) is 11.6. The maximum absolute atomic E-state index is 12.9. The highest BCUT2D eigenvalue weighted by Gasteiger charge is 2.30. The number of unbranched alkanes of at least 4 members (excludes halogenated alkanes) is 1. The Hall–Kier alpha value is -3.49. The number of carbonyl (C=O) groups is 2. The molecule has 30 heavy (non-hydrogen) atoms. The van der Waals surface area contributed by atoms with Crippen molar-refractivity contribution in [3.05, 3.63) is 59.3 Å². The Labute approximate surface area is 169 Å². The number of hydrogen-bond donors (Lipinski definition) is 2. The Morgan fingerprint density at radius 2 is 1.60 bits per heavy atom. The number of carboxylic acid groups (broad SMARTS) is 2. The molecule has 3 aromatic rings. The van der Waals surface area contributed by atoms with Crippen LogP contribution in [0.25, 0.3) is 22.3 Å². The molecule has 1 heterocycles. The average Bonchev–Trinajstić information content (AvgIpc) is 2.69. The van der Waals surface area contributed by atoms with E-state index in [-0.39, 0.29) is 12.0 Å². The van der Waals surface area contributed by atoms with Crippen LogP contribution in [0.4, 0.5) is 13.2 Å². The summed E-state index contributed by atoms with van der Waals surface area (Å²) in [7, 11) is 0. The van der Waals surface area contributed by atoms with E-state index in [0.29, 0.717) is 47.2 Å². The summed E-state index contributed by atoms with van der Waals surface area (Å²) in [4.78, 5) is 30.9. The minimum absolute atomic E-state index is 0.0141. The minimum atomic E-state index is -4.46. The van der Waals surface area contributed by atoms with Crippen LogP contribution in [0.5, 0.6) is 0 Å². The van der Waals surface area contributed by atoms with E-state index in [9.17, 15) is 22.8 Å². The molecule has 1 aromatic heterocycles. The van der Waals surface area contributed by atoms with E-state index in [1.807, 2.05) is 0 Å². The fourth-order valence-electron chi connectivity index (χ4n) is 3.02. The first-order valence-electron chi connectivity index (χ1n) is 9.08. The van der Waals surface area contributed by atoms with Crippen LogP contribution in [-0.4, -0.2) is 32.1 Å². The molecular weight excluding hydrogens is 401 g/mol. The molecule has 0 aliphatic heterocycles. The van der Waals surface area contributed by atoms with E-state index in [2.05, 4.69) is 9.97 Å². The third kappa shape index (κ3) is 4.91. The van der Waals surface area contributed by atoms with Crippen molar-refractivity contribution in [2.24, 2.45) is 0 Å². The first-order valence-corrected chi connectivity index (χ1v) is 9.08. The van der Waals surface area contributed by atoms with Gasteiger partial charge in [-0.25, -0.2) is 14.8 Å². The Balaban J connectivity index is 2.03. The van der Waals surface area contributed by atoms with Crippen molar-refractivity contribution in [2.75, 3.05) is 0 Å². The van der Waals surface area contributed by atoms with E-state index < -0.39 is 23.7 Å². The van der Waals surface area contributed by atoms with Crippen LogP contribution in [0.3, 0.4) is 0 Å². The van der Waals surface area contributed by atoms with Crippen LogP contribution in [0, 0.1) is 0 Å². The van der Waals surface area contributed by atoms with Crippen LogP contribution in [0.2, 0.25) is 0 Å². The number of halogens is 3. The Morgan fingerprint density at radius 1 is 0.900 bits per heavy atom. The molecule has 2 N–H and O–H groups in total. The second kappa shape index (κ2) is 8.48. The number of aliphatic carboxylic acids is 1. The fraction of sp³-hybridized carbons (Fsp3) is 0.238. The molecule has 0 saturated carbocycles. The van der Waals surface area contributed by atoms with Gasteiger partial charge in [0, 0.05) is 12.0 Å². The van der Waals surface area contributed by atoms with Gasteiger partial charge in [0.25, 0.3) is 0 Å². The lowest BCUT2D eigenvalue weighted by Crippen LogP contribution is -2.05. The van der Waals surface area contributed by atoms with Crippen molar-refractivity contribution in [3.63, 3.8) is 0 Å². The minimum Gasteiger partial charge on any atom is -0.481 e. The highest BCUT2D eigenvalue weighted by Crippen LogP contribution is 2.32. The van der Waals surface area contributed by atoms with Gasteiger partial charge in [0.1, 0.15) is 0 Å². The first-order chi connectivity index (χ1) is 14.1. The number of alkyl halides is 3. The van der Waals surface area contributed by atoms with Gasteiger partial charge >= 0.3 is 18.1 Å². The molecule has 0 radical (unpaired) electrons. The van der Waals surface area contributed by atoms with E-state index in [0.717, 1.165) is 12.1 Å². The molecule has 3 rings (SSSR count). The van der Waals surface area contributed by atoms with Crippen LogP contribution >= 0.6 is 0 Å². The molecule has 156 valence electrons. The van der Waals surface area contributed by atoms with Gasteiger partial charge in [0.2, 0.25) is 0 Å². The molecule has 0 spiro atoms. The number of fused-ring (bicyclic) bond motifs is 1. The van der Waals surface area contributed by atoms with Crippen molar-refractivity contribution in [1.29, 1.82) is 0 Å². The topological polar surface area (TPSA) is 100 Å². The molecular formula is C21H17F3N2O4. The molecule has 0 bridgehead atoms. The van der Waals surface area contributed by atoms with Crippen LogP contribution in [0.1, 0.15) is 40.9 Å². The molecule has 0 atom stereocenters. The largest absolute Gasteiger partial charge is 0.481 e. The van der Waals surface area contributed by atoms with Gasteiger partial charge in [-0.15, -0.1) is 0 Å². The SMILES string of the molecule is O=C(O)CCCCc1nc2cc(C(=O)O)ccc2nc1-c1ccc(C(F)(F)F)cc1. The zero-order valence-corrected chi connectivity index (χ0v) is 15.6. The fourth-order valence-corrected chi connectivity index (χ4v) is 3.02. The Kier molecular flexibility index (Phi) is 6.00. The Bertz CT molecular complexity index is 1100. The smallest absolute Gasteiger partial charge is 0.416 e. The predicted molar refractivity (Wildman–Crippen MR) is 102 cm³/mol. The third-order valence-electron chi connectivity index (χ3n) is 4.52. The van der Waals surface area contributed by atoms with E-state index in [1.54, 1.807) is 0 Å². The summed E-state index contributed by atoms with van der Waals surface area (Å²) < 4.78 is 38.6. The van der Waals surface area contributed by atoms with Crippen molar-refractivity contribution >= 4 is 23.0 Å². The number of benzene rings is 2. The number of nitrogens with zero attached hydrogens (tertiary/aromatic N) is 2. The molecule has 0 unspecified atom stereocenters. The van der Waals surface area contributed by atoms with E-state index in [1.165, 1.54) is 30.3 Å². The highest BCUT2D eigenvalue weighted by atomic mass is 19.4. The summed E-state index contributed by atoms with van der Waals surface area (Å²) in [5.41, 5.74) is 1.30. The molecule has 9 heteroatoms. The van der Waals surface area contributed by atoms with Crippen molar-refractivity contribution in [1.82, 2.24) is 9.97 Å². The summed E-state index contributed by atoms with van der Waals surface area (Å²) >= 11 is 0. The quantitative estimate of drug-likeness (QED) is 0.534. The summed E-state index contributed by atoms with van der Waals surface area (Å²) in [6.07, 6.45) is -3.24. The number of carboxylic acids is 2. The van der Waals surface area contributed by atoms with Crippen molar-refractivity contribution < 1.29 is 33.0 Å². The molecule has 0 saturated heterocycles. The van der Waals surface area contributed by atoms with Gasteiger partial charge in [-0.2, -0.15) is 13.2 Å². The molecule has 6 nitrogen and oxygen atoms in total. The van der Waals surface area contributed by atoms with Gasteiger partial charge in [0.05, 0.1) is 33.5 Å².